The summed E-state index contributed by atoms with van der Waals surface area (Å²) in [5, 5.41) is 12.3. The molecular weight excluding hydrogens is 256 g/mol. The number of likely N-dealkylation sites (N-methyl/N-ethyl adjacent to an activating group) is 1. The average molecular weight is 284 g/mol. The van der Waals surface area contributed by atoms with Crippen LogP contribution >= 0.6 is 0 Å². The van der Waals surface area contributed by atoms with Gasteiger partial charge in [-0.3, -0.25) is 0 Å². The van der Waals surface area contributed by atoms with Gasteiger partial charge in [0.2, 0.25) is 0 Å². The van der Waals surface area contributed by atoms with Crippen molar-refractivity contribution in [1.82, 2.24) is 10.2 Å². The highest BCUT2D eigenvalue weighted by atomic mass is 16.4. The predicted molar refractivity (Wildman–Crippen MR) is 78.6 cm³/mol. The number of hydrogen-bond donors (Lipinski definition) is 2. The molecule has 3 atom stereocenters. The second-order valence-corrected chi connectivity index (χ2v) is 6.27. The Labute approximate surface area is 121 Å². The third kappa shape index (κ3) is 3.25. The number of rotatable bonds is 5. The quantitative estimate of drug-likeness (QED) is 0.815. The molecule has 0 aromatic rings. The fourth-order valence-corrected chi connectivity index (χ4v) is 3.17. The van der Waals surface area contributed by atoms with Gasteiger partial charge in [0.05, 0.1) is 0 Å². The van der Waals surface area contributed by atoms with Crippen LogP contribution in [0.5, 0.6) is 0 Å². The second kappa shape index (κ2) is 6.46. The van der Waals surface area contributed by atoms with Crippen LogP contribution in [0.2, 0.25) is 0 Å². The first-order valence-electron chi connectivity index (χ1n) is 7.57. The Kier molecular flexibility index (Phi) is 5.42. The predicted octanol–water partition coefficient (Wildman–Crippen LogP) is 2.71. The summed E-state index contributed by atoms with van der Waals surface area (Å²) in [7, 11) is 0. The van der Waals surface area contributed by atoms with Crippen LogP contribution in [-0.4, -0.2) is 40.1 Å². The molecule has 0 heterocycles. The highest BCUT2D eigenvalue weighted by molar-refractivity contribution is 5.85. The van der Waals surface area contributed by atoms with Crippen LogP contribution in [-0.2, 0) is 4.79 Å². The third-order valence-electron chi connectivity index (χ3n) is 4.82. The summed E-state index contributed by atoms with van der Waals surface area (Å²) in [6.07, 6.45) is 3.25. The van der Waals surface area contributed by atoms with Gasteiger partial charge < -0.3 is 15.3 Å². The Bertz CT molecular complexity index is 368. The summed E-state index contributed by atoms with van der Waals surface area (Å²) >= 11 is 0. The number of hydrogen-bond acceptors (Lipinski definition) is 2. The van der Waals surface area contributed by atoms with Crippen molar-refractivity contribution in [2.45, 2.75) is 65.5 Å². The molecule has 1 rings (SSSR count). The number of urea groups is 1. The molecule has 1 saturated carbocycles. The molecule has 0 aromatic carbocycles. The molecule has 0 aromatic heterocycles. The summed E-state index contributed by atoms with van der Waals surface area (Å²) in [5.41, 5.74) is -1.19. The van der Waals surface area contributed by atoms with Crippen LogP contribution < -0.4 is 5.32 Å². The van der Waals surface area contributed by atoms with Gasteiger partial charge in [0.25, 0.3) is 0 Å². The van der Waals surface area contributed by atoms with Crippen molar-refractivity contribution in [2.75, 3.05) is 6.54 Å². The van der Waals surface area contributed by atoms with E-state index < -0.39 is 11.5 Å². The lowest BCUT2D eigenvalue weighted by atomic mass is 9.93. The number of nitrogens with zero attached hydrogens (tertiary/aromatic N) is 1. The molecule has 1 aliphatic rings. The van der Waals surface area contributed by atoms with Crippen LogP contribution in [0.15, 0.2) is 0 Å². The number of carboxylic acid groups (broad SMARTS) is 1. The fraction of sp³-hybridized carbons (Fsp3) is 0.867. The maximum Gasteiger partial charge on any atom is 0.329 e. The van der Waals surface area contributed by atoms with Gasteiger partial charge in [-0.2, -0.15) is 0 Å². The first kappa shape index (κ1) is 16.8. The molecule has 0 radical (unpaired) electrons. The van der Waals surface area contributed by atoms with E-state index in [1.807, 2.05) is 0 Å². The molecule has 0 bridgehead atoms. The minimum atomic E-state index is -1.19. The summed E-state index contributed by atoms with van der Waals surface area (Å²) in [4.78, 5) is 25.1. The molecule has 5 nitrogen and oxygen atoms in total. The number of nitrogens with one attached hydrogen (secondary N) is 1. The van der Waals surface area contributed by atoms with Gasteiger partial charge in [-0.05, 0) is 45.4 Å². The van der Waals surface area contributed by atoms with E-state index in [4.69, 9.17) is 0 Å². The van der Waals surface area contributed by atoms with Crippen molar-refractivity contribution in [3.63, 3.8) is 0 Å². The van der Waals surface area contributed by atoms with E-state index >= 15 is 0 Å². The summed E-state index contributed by atoms with van der Waals surface area (Å²) < 4.78 is 0. The number of carbonyl (C=O) groups is 2. The van der Waals surface area contributed by atoms with Crippen molar-refractivity contribution < 1.29 is 14.7 Å². The third-order valence-corrected chi connectivity index (χ3v) is 4.82. The summed E-state index contributed by atoms with van der Waals surface area (Å²) in [5.74, 6) is 0.124. The van der Waals surface area contributed by atoms with Crippen molar-refractivity contribution in [2.24, 2.45) is 11.8 Å². The van der Waals surface area contributed by atoms with E-state index in [1.54, 1.807) is 20.8 Å². The standard InChI is InChI=1S/C15H28N2O3/c1-6-11-8-9-12(10(11)3)16-14(20)17(7-2)15(4,5)13(18)19/h10-12H,6-9H2,1-5H3,(H,16,20)(H,18,19). The van der Waals surface area contributed by atoms with Gasteiger partial charge in [-0.25, -0.2) is 9.59 Å². The molecule has 2 N–H and O–H groups in total. The smallest absolute Gasteiger partial charge is 0.329 e. The Balaban J connectivity index is 2.72. The van der Waals surface area contributed by atoms with Crippen LogP contribution in [0.3, 0.4) is 0 Å². The SMILES string of the molecule is CCC1CCC(NC(=O)N(CC)C(C)(C)C(=O)O)C1C. The normalized spacial score (nSPS) is 26.4. The Morgan fingerprint density at radius 1 is 1.30 bits per heavy atom. The van der Waals surface area contributed by atoms with Gasteiger partial charge in [-0.15, -0.1) is 0 Å². The molecule has 2 amide bonds. The molecule has 20 heavy (non-hydrogen) atoms. The fourth-order valence-electron chi connectivity index (χ4n) is 3.17. The van der Waals surface area contributed by atoms with E-state index in [0.717, 1.165) is 19.3 Å². The lowest BCUT2D eigenvalue weighted by Gasteiger charge is -2.35. The van der Waals surface area contributed by atoms with E-state index in [1.165, 1.54) is 4.90 Å². The zero-order valence-electron chi connectivity index (χ0n) is 13.3. The molecule has 1 fully saturated rings. The highest BCUT2D eigenvalue weighted by Crippen LogP contribution is 2.34. The minimum Gasteiger partial charge on any atom is -0.480 e. The minimum absolute atomic E-state index is 0.158. The summed E-state index contributed by atoms with van der Waals surface area (Å²) in [6.45, 7) is 9.65. The first-order valence-corrected chi connectivity index (χ1v) is 7.57. The zero-order valence-corrected chi connectivity index (χ0v) is 13.3. The second-order valence-electron chi connectivity index (χ2n) is 6.27. The van der Waals surface area contributed by atoms with E-state index in [9.17, 15) is 14.7 Å². The van der Waals surface area contributed by atoms with Gasteiger partial charge >= 0.3 is 12.0 Å². The van der Waals surface area contributed by atoms with Crippen LogP contribution in [0.4, 0.5) is 4.79 Å². The Morgan fingerprint density at radius 3 is 2.30 bits per heavy atom. The monoisotopic (exact) mass is 284 g/mol. The van der Waals surface area contributed by atoms with Gasteiger partial charge in [0.1, 0.15) is 5.54 Å². The first-order chi connectivity index (χ1) is 9.25. The lowest BCUT2D eigenvalue weighted by Crippen LogP contribution is -2.57. The van der Waals surface area contributed by atoms with Crippen molar-refractivity contribution in [3.05, 3.63) is 0 Å². The number of amides is 2. The zero-order chi connectivity index (χ0) is 15.5. The number of carbonyl (C=O) groups excluding carboxylic acids is 1. The van der Waals surface area contributed by atoms with E-state index in [2.05, 4.69) is 19.2 Å². The van der Waals surface area contributed by atoms with Crippen molar-refractivity contribution in [1.29, 1.82) is 0 Å². The molecule has 3 unspecified atom stereocenters. The van der Waals surface area contributed by atoms with Crippen molar-refractivity contribution in [3.8, 4) is 0 Å². The largest absolute Gasteiger partial charge is 0.480 e. The van der Waals surface area contributed by atoms with E-state index in [-0.39, 0.29) is 12.1 Å². The van der Waals surface area contributed by atoms with E-state index in [0.29, 0.717) is 18.4 Å². The van der Waals surface area contributed by atoms with Crippen LogP contribution in [0.25, 0.3) is 0 Å². The number of aliphatic carboxylic acids is 1. The molecular formula is C15H28N2O3. The number of carboxylic acids is 1. The lowest BCUT2D eigenvalue weighted by molar-refractivity contribution is -0.147. The van der Waals surface area contributed by atoms with Crippen LogP contribution in [0.1, 0.15) is 53.9 Å². The molecule has 5 heteroatoms. The summed E-state index contributed by atoms with van der Waals surface area (Å²) in [6, 6.07) is -0.111. The molecule has 116 valence electrons. The maximum absolute atomic E-state index is 12.4. The van der Waals surface area contributed by atoms with Crippen LogP contribution in [0, 0.1) is 11.8 Å². The molecule has 0 aliphatic heterocycles. The highest BCUT2D eigenvalue weighted by Gasteiger charge is 2.39. The molecule has 1 aliphatic carbocycles. The van der Waals surface area contributed by atoms with Gasteiger partial charge in [0.15, 0.2) is 0 Å². The Hall–Kier alpha value is -1.26. The maximum atomic E-state index is 12.4. The molecule has 0 saturated heterocycles. The van der Waals surface area contributed by atoms with Gasteiger partial charge in [0, 0.05) is 12.6 Å². The van der Waals surface area contributed by atoms with Gasteiger partial charge in [-0.1, -0.05) is 20.3 Å². The Morgan fingerprint density at radius 2 is 1.90 bits per heavy atom. The average Bonchev–Trinajstić information content (AvgIpc) is 2.70. The topological polar surface area (TPSA) is 69.6 Å². The van der Waals surface area contributed by atoms with Crippen molar-refractivity contribution >= 4 is 12.0 Å². The molecule has 0 spiro atoms.